The zero-order valence-corrected chi connectivity index (χ0v) is 7.84. The van der Waals surface area contributed by atoms with E-state index in [1.165, 1.54) is 6.42 Å². The highest BCUT2D eigenvalue weighted by Gasteiger charge is 2.14. The van der Waals surface area contributed by atoms with E-state index in [0.717, 1.165) is 26.1 Å². The summed E-state index contributed by atoms with van der Waals surface area (Å²) in [6.07, 6.45) is 2.31. The Morgan fingerprint density at radius 2 is 2.33 bits per heavy atom. The number of aliphatic hydroxyl groups is 1. The maximum absolute atomic E-state index is 8.77. The van der Waals surface area contributed by atoms with Crippen molar-refractivity contribution >= 4 is 0 Å². The molecular weight excluding hydrogens is 152 g/mol. The van der Waals surface area contributed by atoms with Crippen LogP contribution in [-0.2, 0) is 0 Å². The fraction of sp³-hybridized carbons (Fsp3) is 1.00. The van der Waals surface area contributed by atoms with E-state index in [-0.39, 0.29) is 0 Å². The molecule has 0 aromatic heterocycles. The van der Waals surface area contributed by atoms with E-state index in [2.05, 4.69) is 17.6 Å². The highest BCUT2D eigenvalue weighted by molar-refractivity contribution is 4.80. The first-order chi connectivity index (χ1) is 5.83. The first-order valence-electron chi connectivity index (χ1n) is 4.88. The molecule has 1 atom stereocenters. The van der Waals surface area contributed by atoms with Crippen molar-refractivity contribution in [2.24, 2.45) is 5.92 Å². The molecule has 1 aliphatic rings. The van der Waals surface area contributed by atoms with Gasteiger partial charge in [-0.1, -0.05) is 6.92 Å². The van der Waals surface area contributed by atoms with Crippen LogP contribution in [0.1, 0.15) is 19.8 Å². The minimum absolute atomic E-state index is 0.324. The van der Waals surface area contributed by atoms with Gasteiger partial charge >= 0.3 is 0 Å². The standard InChI is InChI=1S/C9H20N2O/c1-8(7-12)3-2-4-11-9-5-10-6-9/h8-12H,2-7H2,1H3. The van der Waals surface area contributed by atoms with E-state index in [1.54, 1.807) is 0 Å². The molecule has 1 saturated heterocycles. The summed E-state index contributed by atoms with van der Waals surface area (Å²) in [4.78, 5) is 0. The Kier molecular flexibility index (Phi) is 4.58. The van der Waals surface area contributed by atoms with Gasteiger partial charge in [-0.2, -0.15) is 0 Å². The predicted molar refractivity (Wildman–Crippen MR) is 50.1 cm³/mol. The Morgan fingerprint density at radius 1 is 1.58 bits per heavy atom. The van der Waals surface area contributed by atoms with Crippen LogP contribution in [0, 0.1) is 5.92 Å². The molecule has 0 spiro atoms. The summed E-state index contributed by atoms with van der Waals surface area (Å²) in [6.45, 7) is 5.75. The van der Waals surface area contributed by atoms with Crippen molar-refractivity contribution in [3.63, 3.8) is 0 Å². The molecule has 0 amide bonds. The van der Waals surface area contributed by atoms with Gasteiger partial charge in [0.05, 0.1) is 0 Å². The van der Waals surface area contributed by atoms with Crippen LogP contribution in [0.3, 0.4) is 0 Å². The molecule has 3 N–H and O–H groups in total. The molecule has 1 fully saturated rings. The smallest absolute Gasteiger partial charge is 0.0456 e. The van der Waals surface area contributed by atoms with Crippen molar-refractivity contribution in [2.75, 3.05) is 26.2 Å². The molecule has 0 bridgehead atoms. The van der Waals surface area contributed by atoms with E-state index in [4.69, 9.17) is 5.11 Å². The van der Waals surface area contributed by atoms with E-state index in [1.807, 2.05) is 0 Å². The highest BCUT2D eigenvalue weighted by Crippen LogP contribution is 2.03. The Morgan fingerprint density at radius 3 is 2.83 bits per heavy atom. The van der Waals surface area contributed by atoms with E-state index in [0.29, 0.717) is 18.6 Å². The predicted octanol–water partition coefficient (Wildman–Crippen LogP) is -0.0436. The molecule has 0 radical (unpaired) electrons. The molecule has 0 aromatic rings. The van der Waals surface area contributed by atoms with Crippen molar-refractivity contribution in [1.82, 2.24) is 10.6 Å². The summed E-state index contributed by atoms with van der Waals surface area (Å²) in [5.41, 5.74) is 0. The number of hydrogen-bond donors (Lipinski definition) is 3. The molecule has 0 saturated carbocycles. The van der Waals surface area contributed by atoms with Gasteiger partial charge in [-0.3, -0.25) is 0 Å². The summed E-state index contributed by atoms with van der Waals surface area (Å²) in [5, 5.41) is 15.4. The number of rotatable bonds is 6. The highest BCUT2D eigenvalue weighted by atomic mass is 16.3. The average molecular weight is 172 g/mol. The van der Waals surface area contributed by atoms with Crippen LogP contribution < -0.4 is 10.6 Å². The Balaban J connectivity index is 1.82. The van der Waals surface area contributed by atoms with E-state index < -0.39 is 0 Å². The third kappa shape index (κ3) is 3.52. The van der Waals surface area contributed by atoms with Gasteiger partial charge in [-0.05, 0) is 25.3 Å². The molecule has 12 heavy (non-hydrogen) atoms. The molecule has 3 heteroatoms. The van der Waals surface area contributed by atoms with Crippen LogP contribution in [0.2, 0.25) is 0 Å². The average Bonchev–Trinajstić information content (AvgIpc) is 2.00. The molecule has 1 rings (SSSR count). The Bertz CT molecular complexity index is 108. The summed E-state index contributed by atoms with van der Waals surface area (Å²) >= 11 is 0. The van der Waals surface area contributed by atoms with Gasteiger partial charge in [0, 0.05) is 25.7 Å². The quantitative estimate of drug-likeness (QED) is 0.492. The fourth-order valence-corrected chi connectivity index (χ4v) is 1.28. The van der Waals surface area contributed by atoms with Crippen molar-refractivity contribution in [1.29, 1.82) is 0 Å². The van der Waals surface area contributed by atoms with Crippen LogP contribution in [0.4, 0.5) is 0 Å². The first kappa shape index (κ1) is 9.96. The Labute approximate surface area is 74.5 Å². The van der Waals surface area contributed by atoms with Gasteiger partial charge in [0.15, 0.2) is 0 Å². The van der Waals surface area contributed by atoms with Crippen LogP contribution in [0.25, 0.3) is 0 Å². The lowest BCUT2D eigenvalue weighted by molar-refractivity contribution is 0.226. The summed E-state index contributed by atoms with van der Waals surface area (Å²) in [7, 11) is 0. The van der Waals surface area contributed by atoms with Crippen LogP contribution in [0.15, 0.2) is 0 Å². The first-order valence-corrected chi connectivity index (χ1v) is 4.88. The second kappa shape index (κ2) is 5.51. The van der Waals surface area contributed by atoms with Crippen LogP contribution in [0.5, 0.6) is 0 Å². The topological polar surface area (TPSA) is 44.3 Å². The molecule has 0 aliphatic carbocycles. The van der Waals surface area contributed by atoms with E-state index in [9.17, 15) is 0 Å². The zero-order valence-electron chi connectivity index (χ0n) is 7.84. The maximum Gasteiger partial charge on any atom is 0.0456 e. The second-order valence-corrected chi connectivity index (χ2v) is 3.74. The van der Waals surface area contributed by atoms with Crippen molar-refractivity contribution in [3.8, 4) is 0 Å². The lowest BCUT2D eigenvalue weighted by Crippen LogP contribution is -2.55. The minimum Gasteiger partial charge on any atom is -0.396 e. The van der Waals surface area contributed by atoms with Gasteiger partial charge in [-0.25, -0.2) is 0 Å². The molecule has 1 unspecified atom stereocenters. The number of nitrogens with one attached hydrogen (secondary N) is 2. The van der Waals surface area contributed by atoms with E-state index >= 15 is 0 Å². The SMILES string of the molecule is CC(CO)CCCNC1CNC1. The van der Waals surface area contributed by atoms with Gasteiger partial charge < -0.3 is 15.7 Å². The van der Waals surface area contributed by atoms with Crippen LogP contribution >= 0.6 is 0 Å². The van der Waals surface area contributed by atoms with Gasteiger partial charge in [-0.15, -0.1) is 0 Å². The number of hydrogen-bond acceptors (Lipinski definition) is 3. The molecule has 1 aliphatic heterocycles. The third-order valence-corrected chi connectivity index (χ3v) is 2.40. The zero-order chi connectivity index (χ0) is 8.81. The third-order valence-electron chi connectivity index (χ3n) is 2.40. The molecule has 0 aromatic carbocycles. The Hall–Kier alpha value is -0.120. The van der Waals surface area contributed by atoms with Crippen molar-refractivity contribution in [2.45, 2.75) is 25.8 Å². The molecule has 1 heterocycles. The summed E-state index contributed by atoms with van der Waals surface area (Å²) < 4.78 is 0. The largest absolute Gasteiger partial charge is 0.396 e. The van der Waals surface area contributed by atoms with Gasteiger partial charge in [0.25, 0.3) is 0 Å². The fourth-order valence-electron chi connectivity index (χ4n) is 1.28. The molecular formula is C9H20N2O. The van der Waals surface area contributed by atoms with Crippen LogP contribution in [-0.4, -0.2) is 37.4 Å². The lowest BCUT2D eigenvalue weighted by Gasteiger charge is -2.28. The molecule has 3 nitrogen and oxygen atoms in total. The van der Waals surface area contributed by atoms with Crippen molar-refractivity contribution in [3.05, 3.63) is 0 Å². The monoisotopic (exact) mass is 172 g/mol. The van der Waals surface area contributed by atoms with Gasteiger partial charge in [0.2, 0.25) is 0 Å². The van der Waals surface area contributed by atoms with Gasteiger partial charge in [0.1, 0.15) is 0 Å². The minimum atomic E-state index is 0.324. The number of aliphatic hydroxyl groups excluding tert-OH is 1. The summed E-state index contributed by atoms with van der Waals surface area (Å²) in [6, 6.07) is 0.703. The second-order valence-electron chi connectivity index (χ2n) is 3.74. The maximum atomic E-state index is 8.77. The molecule has 72 valence electrons. The normalized spacial score (nSPS) is 20.5. The van der Waals surface area contributed by atoms with Crippen molar-refractivity contribution < 1.29 is 5.11 Å². The lowest BCUT2D eigenvalue weighted by atomic mass is 10.1. The summed E-state index contributed by atoms with van der Waals surface area (Å²) in [5.74, 6) is 0.464.